The van der Waals surface area contributed by atoms with E-state index in [0.717, 1.165) is 30.3 Å². The van der Waals surface area contributed by atoms with Gasteiger partial charge < -0.3 is 10.1 Å². The molecule has 0 radical (unpaired) electrons. The van der Waals surface area contributed by atoms with Gasteiger partial charge >= 0.3 is 6.18 Å². The average molecular weight is 331 g/mol. The molecule has 0 aromatic heterocycles. The Hall–Kier alpha value is -2.64. The Kier molecular flexibility index (Phi) is 4.83. The lowest BCUT2D eigenvalue weighted by Gasteiger charge is -2.13. The minimum atomic E-state index is -4.62. The van der Waals surface area contributed by atoms with Crippen molar-refractivity contribution in [1.82, 2.24) is 0 Å². The van der Waals surface area contributed by atoms with Crippen LogP contribution < -0.4 is 10.1 Å². The first-order chi connectivity index (χ1) is 10.8. The summed E-state index contributed by atoms with van der Waals surface area (Å²) < 4.78 is 68.9. The third-order valence-corrected chi connectivity index (χ3v) is 2.77. The van der Waals surface area contributed by atoms with Crippen LogP contribution >= 0.6 is 0 Å². The normalized spacial score (nSPS) is 11.2. The molecule has 0 aliphatic heterocycles. The molecule has 0 saturated carbocycles. The van der Waals surface area contributed by atoms with Gasteiger partial charge in [-0.25, -0.2) is 8.78 Å². The second-order valence-corrected chi connectivity index (χ2v) is 4.46. The van der Waals surface area contributed by atoms with Gasteiger partial charge in [-0.3, -0.25) is 4.79 Å². The molecule has 0 fully saturated rings. The van der Waals surface area contributed by atoms with Crippen LogP contribution in [0.15, 0.2) is 42.5 Å². The van der Waals surface area contributed by atoms with E-state index in [9.17, 15) is 26.7 Å². The highest BCUT2D eigenvalue weighted by atomic mass is 19.4. The fourth-order valence-corrected chi connectivity index (χ4v) is 1.74. The van der Waals surface area contributed by atoms with E-state index in [-0.39, 0.29) is 5.75 Å². The van der Waals surface area contributed by atoms with Crippen LogP contribution in [0, 0.1) is 11.6 Å². The molecule has 23 heavy (non-hydrogen) atoms. The number of rotatable bonds is 4. The second-order valence-electron chi connectivity index (χ2n) is 4.46. The van der Waals surface area contributed by atoms with Crippen LogP contribution in [0.2, 0.25) is 0 Å². The lowest BCUT2D eigenvalue weighted by Crippen LogP contribution is -2.22. The van der Waals surface area contributed by atoms with Crippen molar-refractivity contribution in [2.75, 3.05) is 11.9 Å². The van der Waals surface area contributed by atoms with Gasteiger partial charge in [-0.1, -0.05) is 12.1 Å². The number of hydrogen-bond acceptors (Lipinski definition) is 2. The average Bonchev–Trinajstić information content (AvgIpc) is 2.48. The maximum Gasteiger partial charge on any atom is 0.418 e. The molecule has 0 aliphatic carbocycles. The van der Waals surface area contributed by atoms with Crippen molar-refractivity contribution in [2.45, 2.75) is 6.18 Å². The van der Waals surface area contributed by atoms with Crippen molar-refractivity contribution >= 4 is 11.6 Å². The third-order valence-electron chi connectivity index (χ3n) is 2.77. The Morgan fingerprint density at radius 1 is 1.04 bits per heavy atom. The number of amides is 1. The minimum absolute atomic E-state index is 0.122. The van der Waals surface area contributed by atoms with Crippen molar-refractivity contribution in [3.8, 4) is 5.75 Å². The van der Waals surface area contributed by atoms with Gasteiger partial charge in [0.1, 0.15) is 5.75 Å². The summed E-state index contributed by atoms with van der Waals surface area (Å²) in [5, 5.41) is 2.06. The molecule has 1 amide bonds. The van der Waals surface area contributed by atoms with E-state index in [1.165, 1.54) is 12.1 Å². The molecule has 0 saturated heterocycles. The number of halogens is 5. The molecule has 2 aromatic carbocycles. The van der Waals surface area contributed by atoms with Crippen molar-refractivity contribution in [3.63, 3.8) is 0 Å². The molecule has 2 rings (SSSR count). The van der Waals surface area contributed by atoms with Gasteiger partial charge in [0.2, 0.25) is 0 Å². The first-order valence-corrected chi connectivity index (χ1v) is 6.31. The molecular formula is C15H10F5NO2. The van der Waals surface area contributed by atoms with Gasteiger partial charge in [0.05, 0.1) is 11.3 Å². The van der Waals surface area contributed by atoms with Crippen molar-refractivity contribution in [3.05, 3.63) is 59.7 Å². The molecule has 3 nitrogen and oxygen atoms in total. The lowest BCUT2D eigenvalue weighted by molar-refractivity contribution is -0.137. The van der Waals surface area contributed by atoms with E-state index < -0.39 is 41.6 Å². The van der Waals surface area contributed by atoms with E-state index in [2.05, 4.69) is 5.32 Å². The summed E-state index contributed by atoms with van der Waals surface area (Å²) in [5.41, 5.74) is -1.42. The van der Waals surface area contributed by atoms with Gasteiger partial charge in [0.15, 0.2) is 18.2 Å². The number of para-hydroxylation sites is 1. The summed E-state index contributed by atoms with van der Waals surface area (Å²) >= 11 is 0. The van der Waals surface area contributed by atoms with Crippen LogP contribution in [0.4, 0.5) is 27.6 Å². The largest absolute Gasteiger partial charge is 0.484 e. The first kappa shape index (κ1) is 16.7. The topological polar surface area (TPSA) is 38.3 Å². The van der Waals surface area contributed by atoms with Gasteiger partial charge in [-0.15, -0.1) is 0 Å². The van der Waals surface area contributed by atoms with E-state index in [0.29, 0.717) is 0 Å². The zero-order chi connectivity index (χ0) is 17.0. The Morgan fingerprint density at radius 3 is 2.39 bits per heavy atom. The summed E-state index contributed by atoms with van der Waals surface area (Å²) in [6.07, 6.45) is -4.62. The number of anilines is 1. The molecule has 1 N–H and O–H groups in total. The molecule has 0 bridgehead atoms. The number of nitrogens with one attached hydrogen (secondary N) is 1. The lowest BCUT2D eigenvalue weighted by atomic mass is 10.1. The Balaban J connectivity index is 2.02. The third kappa shape index (κ3) is 4.41. The summed E-state index contributed by atoms with van der Waals surface area (Å²) in [4.78, 5) is 11.6. The van der Waals surface area contributed by atoms with Crippen molar-refractivity contribution in [1.29, 1.82) is 0 Å². The van der Waals surface area contributed by atoms with Gasteiger partial charge in [0, 0.05) is 6.07 Å². The zero-order valence-electron chi connectivity index (χ0n) is 11.5. The maximum absolute atomic E-state index is 13.0. The van der Waals surface area contributed by atoms with E-state index in [4.69, 9.17) is 4.74 Å². The number of alkyl halides is 3. The number of ether oxygens (including phenoxy) is 1. The molecular weight excluding hydrogens is 321 g/mol. The number of hydrogen-bond donors (Lipinski definition) is 1. The van der Waals surface area contributed by atoms with Crippen LogP contribution in [0.5, 0.6) is 5.75 Å². The fourth-order valence-electron chi connectivity index (χ4n) is 1.74. The van der Waals surface area contributed by atoms with Crippen molar-refractivity contribution in [2.24, 2.45) is 0 Å². The minimum Gasteiger partial charge on any atom is -0.484 e. The first-order valence-electron chi connectivity index (χ1n) is 6.31. The van der Waals surface area contributed by atoms with Gasteiger partial charge in [0.25, 0.3) is 5.91 Å². The van der Waals surface area contributed by atoms with E-state index in [1.807, 2.05) is 0 Å². The van der Waals surface area contributed by atoms with E-state index in [1.54, 1.807) is 0 Å². The molecule has 2 aromatic rings. The summed E-state index contributed by atoms with van der Waals surface area (Å²) in [6, 6.07) is 7.07. The van der Waals surface area contributed by atoms with Gasteiger partial charge in [-0.2, -0.15) is 13.2 Å². The highest BCUT2D eigenvalue weighted by Gasteiger charge is 2.33. The molecule has 0 atom stereocenters. The highest BCUT2D eigenvalue weighted by Crippen LogP contribution is 2.34. The summed E-state index contributed by atoms with van der Waals surface area (Å²) in [6.45, 7) is -0.655. The highest BCUT2D eigenvalue weighted by molar-refractivity contribution is 5.92. The monoisotopic (exact) mass is 331 g/mol. The summed E-state index contributed by atoms with van der Waals surface area (Å²) in [7, 11) is 0. The molecule has 0 heterocycles. The van der Waals surface area contributed by atoms with Crippen molar-refractivity contribution < 1.29 is 31.5 Å². The molecule has 0 spiro atoms. The second kappa shape index (κ2) is 6.64. The smallest absolute Gasteiger partial charge is 0.418 e. The number of carbonyl (C=O) groups is 1. The van der Waals surface area contributed by atoms with Crippen LogP contribution in [0.3, 0.4) is 0 Å². The van der Waals surface area contributed by atoms with Crippen LogP contribution in [-0.2, 0) is 11.0 Å². The predicted octanol–water partition coefficient (Wildman–Crippen LogP) is 4.00. The quantitative estimate of drug-likeness (QED) is 0.860. The molecule has 0 aliphatic rings. The fraction of sp³-hybridized carbons (Fsp3) is 0.133. The Labute approximate surface area is 127 Å². The standard InChI is InChI=1S/C15H10F5NO2/c16-11-6-5-9(7-12(11)17)23-8-14(22)21-13-4-2-1-3-10(13)15(18,19)20/h1-7H,8H2,(H,21,22). The SMILES string of the molecule is O=C(COc1ccc(F)c(F)c1)Nc1ccccc1C(F)(F)F. The number of benzene rings is 2. The summed E-state index contributed by atoms with van der Waals surface area (Å²) in [5.74, 6) is -3.24. The molecule has 122 valence electrons. The number of carbonyl (C=O) groups excluding carboxylic acids is 1. The Bertz CT molecular complexity index is 715. The zero-order valence-corrected chi connectivity index (χ0v) is 11.5. The Morgan fingerprint density at radius 2 is 1.74 bits per heavy atom. The van der Waals surface area contributed by atoms with Crippen LogP contribution in [0.1, 0.15) is 5.56 Å². The molecule has 8 heteroatoms. The van der Waals surface area contributed by atoms with Crippen LogP contribution in [0.25, 0.3) is 0 Å². The van der Waals surface area contributed by atoms with Gasteiger partial charge in [-0.05, 0) is 24.3 Å². The molecule has 0 unspecified atom stereocenters. The predicted molar refractivity (Wildman–Crippen MR) is 71.9 cm³/mol. The van der Waals surface area contributed by atoms with E-state index >= 15 is 0 Å². The van der Waals surface area contributed by atoms with Crippen LogP contribution in [-0.4, -0.2) is 12.5 Å². The maximum atomic E-state index is 13.0.